The van der Waals surface area contributed by atoms with Crippen molar-refractivity contribution in [3.63, 3.8) is 0 Å². The molecule has 9 heteroatoms. The van der Waals surface area contributed by atoms with Crippen LogP contribution in [0.4, 0.5) is 0 Å². The Morgan fingerprint density at radius 3 is 2.79 bits per heavy atom. The van der Waals surface area contributed by atoms with Gasteiger partial charge in [-0.05, 0) is 19.8 Å². The molecule has 0 spiro atoms. The number of hydrogen-bond donors (Lipinski definition) is 1. The molecule has 0 saturated carbocycles. The van der Waals surface area contributed by atoms with Crippen molar-refractivity contribution >= 4 is 22.1 Å². The zero-order valence-corrected chi connectivity index (χ0v) is 15.2. The van der Waals surface area contributed by atoms with Crippen LogP contribution in [0.25, 0.3) is 6.08 Å². The zero-order chi connectivity index (χ0) is 17.9. The minimum atomic E-state index is -3.79. The number of methoxy groups -OCH3 is 1. The molecule has 8 nitrogen and oxygen atoms in total. The second kappa shape index (κ2) is 7.45. The number of hydrogen-bond acceptors (Lipinski definition) is 6. The van der Waals surface area contributed by atoms with Gasteiger partial charge in [0.25, 0.3) is 0 Å². The van der Waals surface area contributed by atoms with E-state index < -0.39 is 15.9 Å². The molecule has 0 radical (unpaired) electrons. The fraction of sp³-hybridized carbons (Fsp3) is 0.600. The van der Waals surface area contributed by atoms with Gasteiger partial charge < -0.3 is 14.2 Å². The Balaban J connectivity index is 2.33. The van der Waals surface area contributed by atoms with E-state index in [9.17, 15) is 13.2 Å². The van der Waals surface area contributed by atoms with Gasteiger partial charge in [0, 0.05) is 19.2 Å². The van der Waals surface area contributed by atoms with E-state index in [1.54, 1.807) is 19.2 Å². The van der Waals surface area contributed by atoms with Gasteiger partial charge in [0.15, 0.2) is 10.7 Å². The largest absolute Gasteiger partial charge is 0.469 e. The van der Waals surface area contributed by atoms with Gasteiger partial charge in [-0.2, -0.15) is 4.31 Å². The van der Waals surface area contributed by atoms with Gasteiger partial charge in [-0.25, -0.2) is 8.42 Å². The van der Waals surface area contributed by atoms with Gasteiger partial charge >= 0.3 is 5.97 Å². The minimum absolute atomic E-state index is 0.0607. The number of piperidine rings is 1. The highest BCUT2D eigenvalue weighted by Gasteiger charge is 2.37. The first-order chi connectivity index (χ1) is 11.3. The molecule has 1 aromatic heterocycles. The Bertz CT molecular complexity index is 723. The third-order valence-corrected chi connectivity index (χ3v) is 5.94. The van der Waals surface area contributed by atoms with Gasteiger partial charge in [0.05, 0.1) is 33.3 Å². The Labute approximate surface area is 142 Å². The number of ether oxygens (including phenoxy) is 1. The predicted octanol–water partition coefficient (Wildman–Crippen LogP) is -0.328. The Morgan fingerprint density at radius 2 is 2.17 bits per heavy atom. The maximum Gasteiger partial charge on any atom is 0.309 e. The topological polar surface area (TPSA) is 94.1 Å². The fourth-order valence-corrected chi connectivity index (χ4v) is 4.46. The van der Waals surface area contributed by atoms with E-state index in [1.165, 1.54) is 11.4 Å². The highest BCUT2D eigenvalue weighted by molar-refractivity contribution is 7.89. The van der Waals surface area contributed by atoms with Crippen LogP contribution in [0.3, 0.4) is 0 Å². The standard InChI is InChI=1S/C15H23N3O5S/c1-11-14(13(23-16-11)7-9-17(2)3)24(20,21)18-8-5-6-12(10-18)15(19)22-4/h7,9,12H,5-6,8,10H2,1-4H3/p+1. The summed E-state index contributed by atoms with van der Waals surface area (Å²) in [6, 6.07) is 0. The number of quaternary nitrogens is 1. The summed E-state index contributed by atoms with van der Waals surface area (Å²) < 4.78 is 37.3. The van der Waals surface area contributed by atoms with Crippen LogP contribution in [0.2, 0.25) is 0 Å². The monoisotopic (exact) mass is 358 g/mol. The molecule has 1 N–H and O–H groups in total. The Hall–Kier alpha value is -1.71. The van der Waals surface area contributed by atoms with Crippen LogP contribution in [-0.4, -0.2) is 58.1 Å². The van der Waals surface area contributed by atoms with E-state index in [-0.39, 0.29) is 23.2 Å². The Kier molecular flexibility index (Phi) is 5.79. The normalized spacial score (nSPS) is 20.0. The van der Waals surface area contributed by atoms with Gasteiger partial charge in [-0.3, -0.25) is 4.79 Å². The number of rotatable bonds is 5. The third kappa shape index (κ3) is 3.85. The summed E-state index contributed by atoms with van der Waals surface area (Å²) in [7, 11) is 1.32. The molecule has 1 aromatic rings. The van der Waals surface area contributed by atoms with Gasteiger partial charge in [0.1, 0.15) is 5.69 Å². The minimum Gasteiger partial charge on any atom is -0.469 e. The molecule has 0 bridgehead atoms. The van der Waals surface area contributed by atoms with Crippen LogP contribution < -0.4 is 4.90 Å². The van der Waals surface area contributed by atoms with Crippen LogP contribution in [0.5, 0.6) is 0 Å². The van der Waals surface area contributed by atoms with Gasteiger partial charge in [-0.15, -0.1) is 0 Å². The summed E-state index contributed by atoms with van der Waals surface area (Å²) in [6.07, 6.45) is 4.60. The van der Waals surface area contributed by atoms with Crippen LogP contribution in [0.15, 0.2) is 15.6 Å². The number of carbonyl (C=O) groups excluding carboxylic acids is 1. The van der Waals surface area contributed by atoms with Crippen LogP contribution >= 0.6 is 0 Å². The van der Waals surface area contributed by atoms with Crippen LogP contribution in [-0.2, 0) is 19.6 Å². The quantitative estimate of drug-likeness (QED) is 0.725. The van der Waals surface area contributed by atoms with E-state index in [0.717, 1.165) is 4.90 Å². The zero-order valence-electron chi connectivity index (χ0n) is 14.4. The van der Waals surface area contributed by atoms with Crippen molar-refractivity contribution in [2.75, 3.05) is 34.3 Å². The molecule has 1 aliphatic rings. The SMILES string of the molecule is COC(=O)C1CCCN(S(=O)(=O)c2c(C)noc2C=C[NH+](C)C)C1. The van der Waals surface area contributed by atoms with E-state index in [1.807, 2.05) is 14.1 Å². The molecule has 0 amide bonds. The predicted molar refractivity (Wildman–Crippen MR) is 86.6 cm³/mol. The lowest BCUT2D eigenvalue weighted by molar-refractivity contribution is -0.800. The van der Waals surface area contributed by atoms with Crippen LogP contribution in [0, 0.1) is 12.8 Å². The summed E-state index contributed by atoms with van der Waals surface area (Å²) in [4.78, 5) is 12.8. The smallest absolute Gasteiger partial charge is 0.309 e. The molecular weight excluding hydrogens is 334 g/mol. The molecule has 134 valence electrons. The first-order valence-electron chi connectivity index (χ1n) is 7.80. The van der Waals surface area contributed by atoms with Crippen molar-refractivity contribution in [3.8, 4) is 0 Å². The van der Waals surface area contributed by atoms with Crippen molar-refractivity contribution in [1.82, 2.24) is 9.46 Å². The van der Waals surface area contributed by atoms with E-state index in [0.29, 0.717) is 25.1 Å². The highest BCUT2D eigenvalue weighted by Crippen LogP contribution is 2.29. The number of nitrogens with one attached hydrogen (secondary N) is 1. The molecule has 1 aliphatic heterocycles. The van der Waals surface area contributed by atoms with Gasteiger partial charge in [0.2, 0.25) is 10.0 Å². The first-order valence-corrected chi connectivity index (χ1v) is 9.24. The molecule has 1 atom stereocenters. The molecule has 0 aromatic carbocycles. The molecule has 0 aliphatic carbocycles. The van der Waals surface area contributed by atoms with E-state index >= 15 is 0 Å². The summed E-state index contributed by atoms with van der Waals surface area (Å²) in [5.74, 6) is -0.619. The summed E-state index contributed by atoms with van der Waals surface area (Å²) in [5, 5.41) is 3.79. The summed E-state index contributed by atoms with van der Waals surface area (Å²) in [6.45, 7) is 2.07. The number of sulfonamides is 1. The maximum absolute atomic E-state index is 13.0. The average molecular weight is 358 g/mol. The molecule has 24 heavy (non-hydrogen) atoms. The lowest BCUT2D eigenvalue weighted by Gasteiger charge is -2.30. The Morgan fingerprint density at radius 1 is 1.46 bits per heavy atom. The molecule has 2 heterocycles. The van der Waals surface area contributed by atoms with Crippen molar-refractivity contribution in [2.45, 2.75) is 24.7 Å². The molecule has 2 rings (SSSR count). The molecule has 1 unspecified atom stereocenters. The number of aryl methyl sites for hydroxylation is 1. The number of nitrogens with zero attached hydrogens (tertiary/aromatic N) is 2. The van der Waals surface area contributed by atoms with E-state index in [2.05, 4.69) is 5.16 Å². The summed E-state index contributed by atoms with van der Waals surface area (Å²) in [5.41, 5.74) is 0.309. The second-order valence-corrected chi connectivity index (χ2v) is 7.97. The number of aromatic nitrogens is 1. The molecule has 1 fully saturated rings. The van der Waals surface area contributed by atoms with Crippen molar-refractivity contribution in [2.24, 2.45) is 5.92 Å². The number of carbonyl (C=O) groups is 1. The van der Waals surface area contributed by atoms with Crippen molar-refractivity contribution in [1.29, 1.82) is 0 Å². The van der Waals surface area contributed by atoms with Gasteiger partial charge in [-0.1, -0.05) is 5.16 Å². The third-order valence-electron chi connectivity index (χ3n) is 3.92. The van der Waals surface area contributed by atoms with E-state index in [4.69, 9.17) is 9.26 Å². The number of esters is 1. The lowest BCUT2D eigenvalue weighted by atomic mass is 10.0. The first kappa shape index (κ1) is 18.6. The second-order valence-electron chi connectivity index (χ2n) is 6.10. The highest BCUT2D eigenvalue weighted by atomic mass is 32.2. The van der Waals surface area contributed by atoms with Crippen molar-refractivity contribution < 1.29 is 27.4 Å². The molecule has 1 saturated heterocycles. The van der Waals surface area contributed by atoms with Crippen molar-refractivity contribution in [3.05, 3.63) is 17.7 Å². The summed E-state index contributed by atoms with van der Waals surface area (Å²) >= 11 is 0. The molecular formula is C15H24N3O5S+. The fourth-order valence-electron chi connectivity index (χ4n) is 2.69. The lowest BCUT2D eigenvalue weighted by Crippen LogP contribution is -3.00. The van der Waals surface area contributed by atoms with Crippen LogP contribution in [0.1, 0.15) is 24.3 Å². The average Bonchev–Trinajstić information content (AvgIpc) is 2.93. The maximum atomic E-state index is 13.0.